The Bertz CT molecular complexity index is 1500. The number of hydrogen-bond acceptors (Lipinski definition) is 6. The number of nitrogens with one attached hydrogen (secondary N) is 4. The molecule has 1 aromatic heterocycles. The number of nitro groups is 1. The molecule has 4 rings (SSSR count). The molecule has 4 aromatic rings. The van der Waals surface area contributed by atoms with Crippen molar-refractivity contribution in [3.63, 3.8) is 0 Å². The summed E-state index contributed by atoms with van der Waals surface area (Å²) in [5, 5.41) is 19.0. The first kappa shape index (κ1) is 23.2. The second kappa shape index (κ2) is 9.13. The number of aromatic nitrogens is 2. The highest BCUT2D eigenvalue weighted by Crippen LogP contribution is 2.31. The van der Waals surface area contributed by atoms with E-state index in [2.05, 4.69) is 25.9 Å². The van der Waals surface area contributed by atoms with Crippen molar-refractivity contribution < 1.29 is 22.9 Å². The van der Waals surface area contributed by atoms with E-state index in [0.717, 1.165) is 18.5 Å². The van der Waals surface area contributed by atoms with Crippen LogP contribution in [0.1, 0.15) is 5.56 Å². The van der Waals surface area contributed by atoms with Gasteiger partial charge >= 0.3 is 12.2 Å². The molecule has 0 aliphatic heterocycles. The van der Waals surface area contributed by atoms with Crippen molar-refractivity contribution in [3.05, 3.63) is 93.0 Å². The number of aromatic amines is 1. The minimum absolute atomic E-state index is 0.0256. The van der Waals surface area contributed by atoms with Gasteiger partial charge in [0.25, 0.3) is 11.2 Å². The van der Waals surface area contributed by atoms with Gasteiger partial charge in [-0.3, -0.25) is 14.9 Å². The molecule has 35 heavy (non-hydrogen) atoms. The van der Waals surface area contributed by atoms with E-state index in [4.69, 9.17) is 0 Å². The van der Waals surface area contributed by atoms with Crippen molar-refractivity contribution in [2.45, 2.75) is 6.18 Å². The first-order valence-corrected chi connectivity index (χ1v) is 9.89. The molecule has 13 heteroatoms. The maximum absolute atomic E-state index is 12.9. The maximum atomic E-state index is 12.9. The zero-order chi connectivity index (χ0) is 25.2. The largest absolute Gasteiger partial charge is 0.416 e. The van der Waals surface area contributed by atoms with E-state index in [1.165, 1.54) is 30.3 Å². The molecule has 0 spiro atoms. The van der Waals surface area contributed by atoms with Crippen LogP contribution in [0.4, 0.5) is 46.4 Å². The Balaban J connectivity index is 1.54. The summed E-state index contributed by atoms with van der Waals surface area (Å²) < 4.78 is 38.6. The smallest absolute Gasteiger partial charge is 0.355 e. The lowest BCUT2D eigenvalue weighted by Gasteiger charge is -2.12. The Kier molecular flexibility index (Phi) is 6.06. The summed E-state index contributed by atoms with van der Waals surface area (Å²) in [7, 11) is 0. The molecule has 0 saturated heterocycles. The number of urea groups is 1. The van der Waals surface area contributed by atoms with E-state index in [0.29, 0.717) is 5.69 Å². The number of amides is 2. The summed E-state index contributed by atoms with van der Waals surface area (Å²) in [6, 6.07) is 12.2. The van der Waals surface area contributed by atoms with Gasteiger partial charge in [0.2, 0.25) is 0 Å². The number of benzene rings is 3. The predicted molar refractivity (Wildman–Crippen MR) is 123 cm³/mol. The quantitative estimate of drug-likeness (QED) is 0.226. The zero-order valence-electron chi connectivity index (χ0n) is 17.5. The van der Waals surface area contributed by atoms with Gasteiger partial charge in [-0.15, -0.1) is 0 Å². The first-order valence-electron chi connectivity index (χ1n) is 9.89. The summed E-state index contributed by atoms with van der Waals surface area (Å²) in [5.74, 6) is 0. The number of anilines is 4. The SMILES string of the molecule is O=C(Nc1cccc(Nc2ccc([N+](=O)[O-])c3nc[nH]c(=O)c23)c1)Nc1cccc(C(F)(F)F)c1. The second-order valence-corrected chi connectivity index (χ2v) is 7.21. The molecule has 10 nitrogen and oxygen atoms in total. The van der Waals surface area contributed by atoms with E-state index >= 15 is 0 Å². The van der Waals surface area contributed by atoms with Gasteiger partial charge in [-0.25, -0.2) is 9.78 Å². The lowest BCUT2D eigenvalue weighted by molar-refractivity contribution is -0.383. The lowest BCUT2D eigenvalue weighted by Crippen LogP contribution is -2.19. The molecule has 178 valence electrons. The van der Waals surface area contributed by atoms with Crippen LogP contribution in [-0.2, 0) is 6.18 Å². The van der Waals surface area contributed by atoms with Crippen molar-refractivity contribution in [2.75, 3.05) is 16.0 Å². The van der Waals surface area contributed by atoms with Crippen LogP contribution in [0.25, 0.3) is 10.9 Å². The van der Waals surface area contributed by atoms with Gasteiger partial charge in [-0.1, -0.05) is 12.1 Å². The monoisotopic (exact) mass is 484 g/mol. The summed E-state index contributed by atoms with van der Waals surface area (Å²) >= 11 is 0. The van der Waals surface area contributed by atoms with Crippen LogP contribution in [0.2, 0.25) is 0 Å². The van der Waals surface area contributed by atoms with Crippen molar-refractivity contribution >= 4 is 45.4 Å². The van der Waals surface area contributed by atoms with Crippen LogP contribution in [0.15, 0.2) is 71.8 Å². The van der Waals surface area contributed by atoms with E-state index in [1.54, 1.807) is 18.2 Å². The number of nitro benzene ring substituents is 1. The van der Waals surface area contributed by atoms with E-state index in [-0.39, 0.29) is 33.7 Å². The molecule has 0 aliphatic rings. The normalized spacial score (nSPS) is 11.2. The third-order valence-electron chi connectivity index (χ3n) is 4.82. The minimum atomic E-state index is -4.55. The molecule has 0 unspecified atom stereocenters. The van der Waals surface area contributed by atoms with E-state index in [9.17, 15) is 32.9 Å². The highest BCUT2D eigenvalue weighted by atomic mass is 19.4. The maximum Gasteiger partial charge on any atom is 0.416 e. The third-order valence-corrected chi connectivity index (χ3v) is 4.82. The number of H-pyrrole nitrogens is 1. The fourth-order valence-electron chi connectivity index (χ4n) is 3.32. The number of non-ortho nitro benzene ring substituents is 1. The Morgan fingerprint density at radius 1 is 0.971 bits per heavy atom. The van der Waals surface area contributed by atoms with Crippen LogP contribution in [0, 0.1) is 10.1 Å². The van der Waals surface area contributed by atoms with Crippen LogP contribution in [0.5, 0.6) is 0 Å². The number of fused-ring (bicyclic) bond motifs is 1. The number of carbonyl (C=O) groups excluding carboxylic acids is 1. The molecule has 0 aliphatic carbocycles. The topological polar surface area (TPSA) is 142 Å². The number of carbonyl (C=O) groups is 1. The molecule has 1 heterocycles. The van der Waals surface area contributed by atoms with Gasteiger partial charge in [-0.05, 0) is 42.5 Å². The summed E-state index contributed by atoms with van der Waals surface area (Å²) in [6.07, 6.45) is -3.48. The molecule has 0 atom stereocenters. The van der Waals surface area contributed by atoms with Crippen molar-refractivity contribution in [2.24, 2.45) is 0 Å². The third kappa shape index (κ3) is 5.19. The Hall–Kier alpha value is -4.94. The molecule has 2 amide bonds. The van der Waals surface area contributed by atoms with E-state index < -0.39 is 28.3 Å². The van der Waals surface area contributed by atoms with Gasteiger partial charge in [0.1, 0.15) is 0 Å². The van der Waals surface area contributed by atoms with Gasteiger partial charge in [-0.2, -0.15) is 13.2 Å². The van der Waals surface area contributed by atoms with Crippen LogP contribution < -0.4 is 21.5 Å². The number of nitrogens with zero attached hydrogens (tertiary/aromatic N) is 2. The van der Waals surface area contributed by atoms with Crippen molar-refractivity contribution in [3.8, 4) is 0 Å². The molecule has 0 radical (unpaired) electrons. The molecule has 0 bridgehead atoms. The van der Waals surface area contributed by atoms with Crippen LogP contribution in [-0.4, -0.2) is 20.9 Å². The lowest BCUT2D eigenvalue weighted by atomic mass is 10.1. The predicted octanol–water partition coefficient (Wildman–Crippen LogP) is 5.24. The molecular formula is C22H15F3N6O4. The minimum Gasteiger partial charge on any atom is -0.355 e. The molecule has 4 N–H and O–H groups in total. The Morgan fingerprint density at radius 3 is 2.31 bits per heavy atom. The average Bonchev–Trinajstić information content (AvgIpc) is 2.79. The van der Waals surface area contributed by atoms with Gasteiger partial charge in [0.05, 0.1) is 27.9 Å². The average molecular weight is 484 g/mol. The van der Waals surface area contributed by atoms with Gasteiger partial charge < -0.3 is 20.9 Å². The van der Waals surface area contributed by atoms with Gasteiger partial charge in [0.15, 0.2) is 5.52 Å². The number of rotatable bonds is 5. The fourth-order valence-corrected chi connectivity index (χ4v) is 3.32. The molecule has 3 aromatic carbocycles. The number of alkyl halides is 3. The highest BCUT2D eigenvalue weighted by molar-refractivity contribution is 6.01. The number of halogens is 3. The van der Waals surface area contributed by atoms with Gasteiger partial charge in [0, 0.05) is 23.1 Å². The Labute approximate surface area is 194 Å². The van der Waals surface area contributed by atoms with Crippen molar-refractivity contribution in [1.29, 1.82) is 0 Å². The standard InChI is InChI=1S/C22H15F3N6O4/c23-22(24,25)12-3-1-4-13(9-12)29-21(33)30-15-6-2-5-14(10-15)28-16-7-8-17(31(34)35)19-18(16)20(32)27-11-26-19/h1-11,28H,(H,26,27,32)(H2,29,30,33). The van der Waals surface area contributed by atoms with Crippen LogP contribution >= 0.6 is 0 Å². The van der Waals surface area contributed by atoms with E-state index in [1.807, 2.05) is 0 Å². The first-order chi connectivity index (χ1) is 16.6. The number of hydrogen-bond donors (Lipinski definition) is 4. The fraction of sp³-hybridized carbons (Fsp3) is 0.0455. The molecule has 0 fully saturated rings. The summed E-state index contributed by atoms with van der Waals surface area (Å²) in [6.45, 7) is 0. The molecule has 0 saturated carbocycles. The zero-order valence-corrected chi connectivity index (χ0v) is 17.5. The van der Waals surface area contributed by atoms with Crippen molar-refractivity contribution in [1.82, 2.24) is 9.97 Å². The second-order valence-electron chi connectivity index (χ2n) is 7.21. The summed E-state index contributed by atoms with van der Waals surface area (Å²) in [4.78, 5) is 41.5. The highest BCUT2D eigenvalue weighted by Gasteiger charge is 2.30. The molecular weight excluding hydrogens is 469 g/mol. The Morgan fingerprint density at radius 2 is 1.63 bits per heavy atom. The summed E-state index contributed by atoms with van der Waals surface area (Å²) in [5.41, 5.74) is -1.02. The van der Waals surface area contributed by atoms with Crippen LogP contribution in [0.3, 0.4) is 0 Å².